The highest BCUT2D eigenvalue weighted by Crippen LogP contribution is 2.33. The van der Waals surface area contributed by atoms with E-state index in [0.29, 0.717) is 43.0 Å². The van der Waals surface area contributed by atoms with Crippen molar-refractivity contribution in [1.82, 2.24) is 15.3 Å². The van der Waals surface area contributed by atoms with Gasteiger partial charge < -0.3 is 25.0 Å². The number of nitrogens with one attached hydrogen (secondary N) is 2. The van der Waals surface area contributed by atoms with Crippen molar-refractivity contribution in [3.8, 4) is 11.5 Å². The molecule has 2 unspecified atom stereocenters. The topological polar surface area (TPSA) is 71.5 Å². The van der Waals surface area contributed by atoms with Crippen molar-refractivity contribution in [3.63, 3.8) is 0 Å². The van der Waals surface area contributed by atoms with Crippen molar-refractivity contribution < 1.29 is 22.6 Å². The molecule has 1 aromatic carbocycles. The summed E-state index contributed by atoms with van der Waals surface area (Å²) in [4.78, 5) is 9.84. The molecule has 0 spiro atoms. The first-order valence-corrected chi connectivity index (χ1v) is 10.7. The summed E-state index contributed by atoms with van der Waals surface area (Å²) in [7, 11) is 0. The maximum Gasteiger partial charge on any atom is 0.433 e. The van der Waals surface area contributed by atoms with Crippen LogP contribution in [-0.2, 0) is 12.7 Å². The number of hydrogen-bond donors (Lipinski definition) is 2. The Bertz CT molecular complexity index is 994. The zero-order valence-corrected chi connectivity index (χ0v) is 18.5. The van der Waals surface area contributed by atoms with Crippen LogP contribution in [0.25, 0.3) is 0 Å². The van der Waals surface area contributed by atoms with E-state index in [-0.39, 0.29) is 23.7 Å². The zero-order valence-electron chi connectivity index (χ0n) is 17.7. The lowest BCUT2D eigenvalue weighted by Crippen LogP contribution is -2.39. The predicted molar refractivity (Wildman–Crippen MR) is 118 cm³/mol. The van der Waals surface area contributed by atoms with Crippen LogP contribution in [0.15, 0.2) is 24.3 Å². The molecule has 2 aliphatic rings. The molecular weight excluding hydrogens is 443 g/mol. The third kappa shape index (κ3) is 5.32. The molecule has 0 aliphatic carbocycles. The number of alkyl halides is 3. The molecule has 4 rings (SSSR count). The molecule has 1 saturated heterocycles. The fraction of sp³-hybridized carbons (Fsp3) is 0.476. The SMILES string of the molecule is CC1CC(C)CN(c2cc(C(F)(F)F)nc(NC(=S)NCc3ccc4c(c3)OCO4)n2)C1. The van der Waals surface area contributed by atoms with E-state index in [1.54, 1.807) is 6.07 Å². The number of ether oxygens (including phenoxy) is 2. The van der Waals surface area contributed by atoms with Gasteiger partial charge in [0, 0.05) is 25.7 Å². The molecule has 2 atom stereocenters. The number of benzene rings is 1. The van der Waals surface area contributed by atoms with Gasteiger partial charge in [-0.3, -0.25) is 0 Å². The molecule has 0 amide bonds. The first kappa shape index (κ1) is 22.4. The van der Waals surface area contributed by atoms with Gasteiger partial charge in [-0.15, -0.1) is 0 Å². The number of piperidine rings is 1. The predicted octanol–water partition coefficient (Wildman–Crippen LogP) is 4.19. The van der Waals surface area contributed by atoms with Crippen LogP contribution < -0.4 is 25.0 Å². The molecule has 32 heavy (non-hydrogen) atoms. The third-order valence-electron chi connectivity index (χ3n) is 5.31. The van der Waals surface area contributed by atoms with E-state index in [2.05, 4.69) is 34.4 Å². The zero-order chi connectivity index (χ0) is 22.9. The summed E-state index contributed by atoms with van der Waals surface area (Å²) in [5.41, 5.74) is -0.130. The van der Waals surface area contributed by atoms with Crippen LogP contribution in [0, 0.1) is 11.8 Å². The van der Waals surface area contributed by atoms with Gasteiger partial charge in [-0.1, -0.05) is 19.9 Å². The van der Waals surface area contributed by atoms with Crippen LogP contribution in [0.4, 0.5) is 24.9 Å². The van der Waals surface area contributed by atoms with E-state index >= 15 is 0 Å². The van der Waals surface area contributed by atoms with Crippen molar-refractivity contribution in [2.24, 2.45) is 11.8 Å². The third-order valence-corrected chi connectivity index (χ3v) is 5.56. The second-order valence-electron chi connectivity index (χ2n) is 8.28. The van der Waals surface area contributed by atoms with Crippen LogP contribution in [0.5, 0.6) is 11.5 Å². The Hall–Kier alpha value is -2.82. The van der Waals surface area contributed by atoms with E-state index in [4.69, 9.17) is 21.7 Å². The van der Waals surface area contributed by atoms with E-state index < -0.39 is 11.9 Å². The van der Waals surface area contributed by atoms with Crippen molar-refractivity contribution >= 4 is 29.1 Å². The van der Waals surface area contributed by atoms with Gasteiger partial charge in [-0.05, 0) is 48.2 Å². The van der Waals surface area contributed by atoms with Crippen LogP contribution in [0.1, 0.15) is 31.5 Å². The lowest BCUT2D eigenvalue weighted by molar-refractivity contribution is -0.141. The minimum Gasteiger partial charge on any atom is -0.454 e. The Morgan fingerprint density at radius 1 is 1.12 bits per heavy atom. The number of aromatic nitrogens is 2. The van der Waals surface area contributed by atoms with Crippen LogP contribution in [-0.4, -0.2) is 35.0 Å². The monoisotopic (exact) mass is 467 g/mol. The molecule has 0 radical (unpaired) electrons. The van der Waals surface area contributed by atoms with Gasteiger partial charge in [0.15, 0.2) is 22.3 Å². The molecule has 0 bridgehead atoms. The number of rotatable bonds is 4. The highest BCUT2D eigenvalue weighted by Gasteiger charge is 2.35. The maximum atomic E-state index is 13.5. The molecule has 0 saturated carbocycles. The Kier molecular flexibility index (Phi) is 6.27. The minimum atomic E-state index is -4.59. The summed E-state index contributed by atoms with van der Waals surface area (Å²) >= 11 is 5.26. The summed E-state index contributed by atoms with van der Waals surface area (Å²) in [6.45, 7) is 5.98. The highest BCUT2D eigenvalue weighted by atomic mass is 32.1. The van der Waals surface area contributed by atoms with Crippen LogP contribution in [0.3, 0.4) is 0 Å². The Morgan fingerprint density at radius 3 is 2.56 bits per heavy atom. The van der Waals surface area contributed by atoms with Gasteiger partial charge in [0.2, 0.25) is 12.7 Å². The largest absolute Gasteiger partial charge is 0.454 e. The van der Waals surface area contributed by atoms with Crippen LogP contribution in [0.2, 0.25) is 0 Å². The quantitative estimate of drug-likeness (QED) is 0.649. The lowest BCUT2D eigenvalue weighted by atomic mass is 9.92. The smallest absolute Gasteiger partial charge is 0.433 e. The van der Waals surface area contributed by atoms with Gasteiger partial charge in [0.25, 0.3) is 0 Å². The molecule has 2 aliphatic heterocycles. The lowest BCUT2D eigenvalue weighted by Gasteiger charge is -2.36. The van der Waals surface area contributed by atoms with Crippen molar-refractivity contribution in [2.75, 3.05) is 30.1 Å². The number of thiocarbonyl (C=S) groups is 1. The minimum absolute atomic E-state index is 0.119. The van der Waals surface area contributed by atoms with Gasteiger partial charge in [-0.2, -0.15) is 18.2 Å². The Labute approximate surface area is 189 Å². The first-order chi connectivity index (χ1) is 15.2. The summed E-state index contributed by atoms with van der Waals surface area (Å²) in [6.07, 6.45) is -3.56. The Balaban J connectivity index is 1.47. The molecule has 3 heterocycles. The molecule has 11 heteroatoms. The molecule has 172 valence electrons. The van der Waals surface area contributed by atoms with Gasteiger partial charge >= 0.3 is 6.18 Å². The van der Waals surface area contributed by atoms with Gasteiger partial charge in [0.1, 0.15) is 5.82 Å². The number of anilines is 2. The summed E-state index contributed by atoms with van der Waals surface area (Å²) in [5, 5.41) is 5.77. The second kappa shape index (κ2) is 8.97. The highest BCUT2D eigenvalue weighted by molar-refractivity contribution is 7.80. The first-order valence-electron chi connectivity index (χ1n) is 10.3. The normalized spacial score (nSPS) is 20.2. The van der Waals surface area contributed by atoms with E-state index in [1.165, 1.54) is 0 Å². The maximum absolute atomic E-state index is 13.5. The van der Waals surface area contributed by atoms with Crippen LogP contribution >= 0.6 is 12.2 Å². The van der Waals surface area contributed by atoms with E-state index in [0.717, 1.165) is 18.1 Å². The van der Waals surface area contributed by atoms with Gasteiger partial charge in [0.05, 0.1) is 0 Å². The number of nitrogens with zero attached hydrogens (tertiary/aromatic N) is 3. The number of halogens is 3. The number of fused-ring (bicyclic) bond motifs is 1. The fourth-order valence-corrected chi connectivity index (χ4v) is 4.19. The van der Waals surface area contributed by atoms with E-state index in [9.17, 15) is 13.2 Å². The molecule has 1 fully saturated rings. The average molecular weight is 468 g/mol. The average Bonchev–Trinajstić information content (AvgIpc) is 3.18. The Morgan fingerprint density at radius 2 is 1.84 bits per heavy atom. The molecular formula is C21H24F3N5O2S. The molecule has 2 N–H and O–H groups in total. The summed E-state index contributed by atoms with van der Waals surface area (Å²) in [6, 6.07) is 6.45. The summed E-state index contributed by atoms with van der Waals surface area (Å²) < 4.78 is 51.1. The molecule has 1 aromatic heterocycles. The molecule has 2 aromatic rings. The fourth-order valence-electron chi connectivity index (χ4n) is 4.03. The standard InChI is InChI=1S/C21H24F3N5O2S/c1-12-5-13(2)10-29(9-12)18-7-17(21(22,23)24)26-19(27-18)28-20(32)25-8-14-3-4-15-16(6-14)31-11-30-15/h3-4,6-7,12-13H,5,8-11H2,1-2H3,(H2,25,26,27,28,32). The summed E-state index contributed by atoms with van der Waals surface area (Å²) in [5.74, 6) is 2.09. The molecule has 7 nitrogen and oxygen atoms in total. The van der Waals surface area contributed by atoms with Crippen molar-refractivity contribution in [2.45, 2.75) is 33.0 Å². The van der Waals surface area contributed by atoms with Crippen molar-refractivity contribution in [1.29, 1.82) is 0 Å². The van der Waals surface area contributed by atoms with E-state index in [1.807, 2.05) is 17.0 Å². The van der Waals surface area contributed by atoms with Gasteiger partial charge in [-0.25, -0.2) is 4.98 Å². The van der Waals surface area contributed by atoms with Crippen molar-refractivity contribution in [3.05, 3.63) is 35.5 Å². The number of hydrogen-bond acceptors (Lipinski definition) is 6. The second-order valence-corrected chi connectivity index (χ2v) is 8.69.